The van der Waals surface area contributed by atoms with Crippen molar-refractivity contribution in [3.8, 4) is 0 Å². The third-order valence-electron chi connectivity index (χ3n) is 3.08. The maximum atomic E-state index is 12.1. The van der Waals surface area contributed by atoms with Gasteiger partial charge in [-0.3, -0.25) is 5.10 Å². The summed E-state index contributed by atoms with van der Waals surface area (Å²) in [6.45, 7) is 2.41. The Morgan fingerprint density at radius 2 is 2.39 bits per heavy atom. The Morgan fingerprint density at radius 1 is 1.61 bits per heavy atom. The number of nitrogens with one attached hydrogen (secondary N) is 2. The molecule has 1 atom stereocenters. The second kappa shape index (κ2) is 5.60. The average molecular weight is 290 g/mol. The van der Waals surface area contributed by atoms with E-state index in [1.165, 1.54) is 0 Å². The summed E-state index contributed by atoms with van der Waals surface area (Å²) in [7, 11) is -3.55. The highest BCUT2D eigenvalue weighted by molar-refractivity contribution is 7.99. The van der Waals surface area contributed by atoms with Crippen LogP contribution in [0, 0.1) is 12.8 Å². The largest absolute Gasteiger partial charge is 0.326 e. The van der Waals surface area contributed by atoms with Gasteiger partial charge in [0.2, 0.25) is 0 Å². The van der Waals surface area contributed by atoms with Crippen molar-refractivity contribution in [2.45, 2.75) is 24.9 Å². The molecule has 102 valence electrons. The van der Waals surface area contributed by atoms with Crippen LogP contribution in [0.25, 0.3) is 0 Å². The fraction of sp³-hybridized carbons (Fsp3) is 0.700. The van der Waals surface area contributed by atoms with Gasteiger partial charge in [-0.15, -0.1) is 0 Å². The zero-order valence-electron chi connectivity index (χ0n) is 10.3. The van der Waals surface area contributed by atoms with Crippen LogP contribution in [0.15, 0.2) is 5.03 Å². The summed E-state index contributed by atoms with van der Waals surface area (Å²) in [6, 6.07) is 0. The SMILES string of the molecule is Cc1[nH]nc(S(=O)(=O)NCC2CCSC2)c1CN. The highest BCUT2D eigenvalue weighted by Crippen LogP contribution is 2.23. The van der Waals surface area contributed by atoms with Gasteiger partial charge >= 0.3 is 0 Å². The predicted octanol–water partition coefficient (Wildman–Crippen LogP) is 0.208. The summed E-state index contributed by atoms with van der Waals surface area (Å²) < 4.78 is 26.9. The van der Waals surface area contributed by atoms with Crippen molar-refractivity contribution in [1.29, 1.82) is 0 Å². The van der Waals surface area contributed by atoms with Crippen molar-refractivity contribution in [1.82, 2.24) is 14.9 Å². The van der Waals surface area contributed by atoms with E-state index in [2.05, 4.69) is 14.9 Å². The fourth-order valence-corrected chi connectivity index (χ4v) is 4.54. The number of sulfonamides is 1. The van der Waals surface area contributed by atoms with Crippen LogP contribution in [-0.4, -0.2) is 36.7 Å². The van der Waals surface area contributed by atoms with Crippen LogP contribution in [0.3, 0.4) is 0 Å². The van der Waals surface area contributed by atoms with Gasteiger partial charge in [0.15, 0.2) is 5.03 Å². The van der Waals surface area contributed by atoms with Crippen LogP contribution >= 0.6 is 11.8 Å². The summed E-state index contributed by atoms with van der Waals surface area (Å²) in [5.74, 6) is 2.56. The minimum absolute atomic E-state index is 0.0353. The van der Waals surface area contributed by atoms with E-state index in [1.807, 2.05) is 11.8 Å². The molecule has 2 heterocycles. The molecule has 0 bridgehead atoms. The lowest BCUT2D eigenvalue weighted by Gasteiger charge is -2.10. The summed E-state index contributed by atoms with van der Waals surface area (Å²) >= 11 is 1.86. The zero-order valence-corrected chi connectivity index (χ0v) is 11.9. The van der Waals surface area contributed by atoms with Crippen molar-refractivity contribution >= 4 is 21.8 Å². The molecule has 18 heavy (non-hydrogen) atoms. The minimum atomic E-state index is -3.55. The van der Waals surface area contributed by atoms with Crippen molar-refractivity contribution < 1.29 is 8.42 Å². The molecule has 1 unspecified atom stereocenters. The Balaban J connectivity index is 2.09. The molecule has 0 saturated carbocycles. The van der Waals surface area contributed by atoms with Gasteiger partial charge in [-0.25, -0.2) is 13.1 Å². The lowest BCUT2D eigenvalue weighted by atomic mass is 10.1. The summed E-state index contributed by atoms with van der Waals surface area (Å²) in [4.78, 5) is 0. The van der Waals surface area contributed by atoms with Gasteiger partial charge in [0, 0.05) is 24.3 Å². The van der Waals surface area contributed by atoms with Gasteiger partial charge in [0.25, 0.3) is 10.0 Å². The first-order valence-corrected chi connectivity index (χ1v) is 8.49. The molecule has 1 aromatic rings. The van der Waals surface area contributed by atoms with Crippen LogP contribution in [0.1, 0.15) is 17.7 Å². The molecule has 1 saturated heterocycles. The number of aryl methyl sites for hydroxylation is 1. The van der Waals surface area contributed by atoms with Crippen LogP contribution in [0.4, 0.5) is 0 Å². The van der Waals surface area contributed by atoms with Gasteiger partial charge in [0.1, 0.15) is 0 Å². The minimum Gasteiger partial charge on any atom is -0.326 e. The molecule has 1 aliphatic rings. The number of nitrogens with zero attached hydrogens (tertiary/aromatic N) is 1. The Morgan fingerprint density at radius 3 is 3.00 bits per heavy atom. The lowest BCUT2D eigenvalue weighted by molar-refractivity contribution is 0.542. The van der Waals surface area contributed by atoms with E-state index in [0.717, 1.165) is 17.9 Å². The number of aromatic amines is 1. The number of hydrogen-bond donors (Lipinski definition) is 3. The molecule has 0 amide bonds. The fourth-order valence-electron chi connectivity index (χ4n) is 1.93. The van der Waals surface area contributed by atoms with E-state index in [0.29, 0.717) is 23.7 Å². The van der Waals surface area contributed by atoms with Crippen LogP contribution < -0.4 is 10.5 Å². The van der Waals surface area contributed by atoms with Crippen molar-refractivity contribution in [3.05, 3.63) is 11.3 Å². The highest BCUT2D eigenvalue weighted by atomic mass is 32.2. The summed E-state index contributed by atoms with van der Waals surface area (Å²) in [6.07, 6.45) is 1.07. The predicted molar refractivity (Wildman–Crippen MR) is 71.8 cm³/mol. The Labute approximate surface area is 111 Å². The second-order valence-electron chi connectivity index (χ2n) is 4.42. The first-order valence-electron chi connectivity index (χ1n) is 5.86. The number of nitrogens with two attached hydrogens (primary N) is 1. The number of aromatic nitrogens is 2. The maximum absolute atomic E-state index is 12.1. The van der Waals surface area contributed by atoms with E-state index in [-0.39, 0.29) is 11.6 Å². The molecule has 1 fully saturated rings. The molecule has 1 aliphatic heterocycles. The van der Waals surface area contributed by atoms with Crippen LogP contribution in [-0.2, 0) is 16.6 Å². The van der Waals surface area contributed by atoms with Gasteiger partial charge < -0.3 is 5.73 Å². The molecule has 1 aromatic heterocycles. The Kier molecular flexibility index (Phi) is 4.31. The van der Waals surface area contributed by atoms with E-state index < -0.39 is 10.0 Å². The normalized spacial score (nSPS) is 20.4. The van der Waals surface area contributed by atoms with E-state index in [1.54, 1.807) is 6.92 Å². The van der Waals surface area contributed by atoms with Gasteiger partial charge in [-0.1, -0.05) is 0 Å². The number of rotatable bonds is 5. The average Bonchev–Trinajstić information content (AvgIpc) is 2.95. The molecule has 0 aliphatic carbocycles. The second-order valence-corrected chi connectivity index (χ2v) is 7.25. The Hall–Kier alpha value is -0.570. The number of hydrogen-bond acceptors (Lipinski definition) is 5. The smallest absolute Gasteiger partial charge is 0.260 e. The number of thioether (sulfide) groups is 1. The molecule has 0 aromatic carbocycles. The number of H-pyrrole nitrogens is 1. The lowest BCUT2D eigenvalue weighted by Crippen LogP contribution is -2.30. The maximum Gasteiger partial charge on any atom is 0.260 e. The van der Waals surface area contributed by atoms with Gasteiger partial charge in [0.05, 0.1) is 0 Å². The van der Waals surface area contributed by atoms with E-state index in [9.17, 15) is 8.42 Å². The third kappa shape index (κ3) is 2.87. The Bertz CT molecular complexity index is 506. The van der Waals surface area contributed by atoms with E-state index >= 15 is 0 Å². The monoisotopic (exact) mass is 290 g/mol. The highest BCUT2D eigenvalue weighted by Gasteiger charge is 2.25. The van der Waals surface area contributed by atoms with E-state index in [4.69, 9.17) is 5.73 Å². The molecular formula is C10H18N4O2S2. The molecule has 0 radical (unpaired) electrons. The van der Waals surface area contributed by atoms with Crippen LogP contribution in [0.2, 0.25) is 0 Å². The molecule has 8 heteroatoms. The third-order valence-corrected chi connectivity index (χ3v) is 5.71. The molecule has 0 spiro atoms. The first kappa shape index (κ1) is 13.9. The summed E-state index contributed by atoms with van der Waals surface area (Å²) in [5, 5.41) is 6.55. The topological polar surface area (TPSA) is 101 Å². The first-order chi connectivity index (χ1) is 8.54. The zero-order chi connectivity index (χ0) is 13.2. The van der Waals surface area contributed by atoms with Crippen LogP contribution in [0.5, 0.6) is 0 Å². The van der Waals surface area contributed by atoms with Crippen molar-refractivity contribution in [2.75, 3.05) is 18.1 Å². The van der Waals surface area contributed by atoms with Crippen molar-refractivity contribution in [2.24, 2.45) is 11.7 Å². The quantitative estimate of drug-likeness (QED) is 0.719. The van der Waals surface area contributed by atoms with Gasteiger partial charge in [-0.05, 0) is 30.8 Å². The molecule has 4 N–H and O–H groups in total. The van der Waals surface area contributed by atoms with Crippen molar-refractivity contribution in [3.63, 3.8) is 0 Å². The molecule has 2 rings (SSSR count). The molecule has 6 nitrogen and oxygen atoms in total. The standard InChI is InChI=1S/C10H18N4O2S2/c1-7-9(4-11)10(14-13-7)18(15,16)12-5-8-2-3-17-6-8/h8,12H,2-6,11H2,1H3,(H,13,14). The molecular weight excluding hydrogens is 272 g/mol. The van der Waals surface area contributed by atoms with Gasteiger partial charge in [-0.2, -0.15) is 16.9 Å². The summed E-state index contributed by atoms with van der Waals surface area (Å²) in [5.41, 5.74) is 6.82.